The molecule has 3 saturated heterocycles. The van der Waals surface area contributed by atoms with Gasteiger partial charge in [0.15, 0.2) is 0 Å². The fourth-order valence-corrected chi connectivity index (χ4v) is 1.60. The van der Waals surface area contributed by atoms with E-state index < -0.39 is 0 Å². The summed E-state index contributed by atoms with van der Waals surface area (Å²) in [5, 5.41) is 9.62. The van der Waals surface area contributed by atoms with E-state index in [9.17, 15) is 0 Å². The van der Waals surface area contributed by atoms with E-state index in [0.717, 1.165) is 0 Å². The summed E-state index contributed by atoms with van der Waals surface area (Å²) in [4.78, 5) is 0. The average Bonchev–Trinajstić information content (AvgIpc) is 2.75. The Kier molecular flexibility index (Phi) is 18.0. The fraction of sp³-hybridized carbons (Fsp3) is 1.00. The summed E-state index contributed by atoms with van der Waals surface area (Å²) in [5.74, 6) is 0. The zero-order valence-corrected chi connectivity index (χ0v) is 9.99. The molecule has 3 aliphatic heterocycles. The largest absolute Gasteiger partial charge is 0.317 e. The molecule has 0 amide bonds. The molecule has 3 heterocycles. The molecule has 0 atom stereocenters. The van der Waals surface area contributed by atoms with Crippen molar-refractivity contribution in [2.24, 2.45) is 0 Å². The predicted molar refractivity (Wildman–Crippen MR) is 79.8 cm³/mol. The van der Waals surface area contributed by atoms with Crippen molar-refractivity contribution < 1.29 is 0 Å². The first-order valence-electron chi connectivity index (χ1n) is 6.62. The van der Waals surface area contributed by atoms with E-state index in [2.05, 4.69) is 16.0 Å². The van der Waals surface area contributed by atoms with Crippen molar-refractivity contribution in [3.8, 4) is 0 Å². The lowest BCUT2D eigenvalue weighted by atomic mass is 10.2. The van der Waals surface area contributed by atoms with Gasteiger partial charge in [-0.1, -0.05) is 21.3 Å². The number of hydrogen-bond acceptors (Lipinski definition) is 3. The third-order valence-corrected chi connectivity index (χ3v) is 2.87. The molecule has 0 saturated carbocycles. The maximum absolute atomic E-state index is 3.28. The van der Waals surface area contributed by atoms with E-state index in [4.69, 9.17) is 0 Å². The van der Waals surface area contributed by atoms with E-state index >= 15 is 0 Å². The Labute approximate surface area is 109 Å². The Morgan fingerprint density at radius 2 is 0.588 bits per heavy atom. The summed E-state index contributed by atoms with van der Waals surface area (Å²) < 4.78 is 0. The molecule has 106 valence electrons. The quantitative estimate of drug-likeness (QED) is 0.613. The number of piperidine rings is 1. The van der Waals surface area contributed by atoms with Crippen molar-refractivity contribution in [1.82, 2.24) is 16.0 Å². The zero-order chi connectivity index (χ0) is 10.6. The van der Waals surface area contributed by atoms with E-state index in [1.807, 2.05) is 0 Å². The van der Waals surface area contributed by atoms with Gasteiger partial charge in [0.25, 0.3) is 0 Å². The van der Waals surface area contributed by atoms with Crippen LogP contribution in [0.2, 0.25) is 0 Å². The van der Waals surface area contributed by atoms with Crippen LogP contribution in [0.3, 0.4) is 0 Å². The lowest BCUT2D eigenvalue weighted by Gasteiger charge is -2.09. The summed E-state index contributed by atoms with van der Waals surface area (Å²) in [6.45, 7) is 7.50. The van der Waals surface area contributed by atoms with Crippen LogP contribution in [0, 0.1) is 0 Å². The lowest BCUT2D eigenvalue weighted by molar-refractivity contribution is 0.520. The Bertz CT molecular complexity index is 93.5. The van der Waals surface area contributed by atoms with E-state index in [1.165, 1.54) is 77.8 Å². The third-order valence-electron chi connectivity index (χ3n) is 2.87. The molecule has 0 aromatic rings. The molecule has 0 spiro atoms. The van der Waals surface area contributed by atoms with Crippen molar-refractivity contribution >= 4 is 0 Å². The van der Waals surface area contributed by atoms with Crippen molar-refractivity contribution in [1.29, 1.82) is 0 Å². The van der Waals surface area contributed by atoms with E-state index in [1.54, 1.807) is 0 Å². The van der Waals surface area contributed by atoms with Gasteiger partial charge in [-0.2, -0.15) is 0 Å². The topological polar surface area (TPSA) is 36.1 Å². The third kappa shape index (κ3) is 13.8. The molecule has 0 aromatic heterocycles. The molecule has 0 aliphatic carbocycles. The first-order valence-corrected chi connectivity index (χ1v) is 6.62. The minimum Gasteiger partial charge on any atom is -0.317 e. The smallest absolute Gasteiger partial charge is 0.00368 e. The van der Waals surface area contributed by atoms with Crippen LogP contribution in [0.25, 0.3) is 0 Å². The molecular weight excluding hydrogens is 210 g/mol. The van der Waals surface area contributed by atoms with Gasteiger partial charge in [-0.25, -0.2) is 0 Å². The molecule has 17 heavy (non-hydrogen) atoms. The van der Waals surface area contributed by atoms with Crippen molar-refractivity contribution in [3.63, 3.8) is 0 Å². The predicted octanol–water partition coefficient (Wildman–Crippen LogP) is 2.38. The van der Waals surface area contributed by atoms with Gasteiger partial charge in [0, 0.05) is 0 Å². The van der Waals surface area contributed by atoms with Crippen LogP contribution < -0.4 is 16.0 Å². The van der Waals surface area contributed by atoms with Crippen LogP contribution in [-0.4, -0.2) is 39.3 Å². The second kappa shape index (κ2) is 15.9. The molecule has 3 rings (SSSR count). The van der Waals surface area contributed by atoms with Gasteiger partial charge in [0.2, 0.25) is 0 Å². The molecule has 0 bridgehead atoms. The molecule has 3 nitrogen and oxygen atoms in total. The standard InChI is InChI=1S/C5H11N.C4H9N.C3H7N.2CH4/c1-2-4-6-5-3-1;1-2-4-5-3-1;1-2-4-3-1;;/h6H,1-5H2;5H,1-4H2;4H,1-3H2;2*1H4. The van der Waals surface area contributed by atoms with E-state index in [0.29, 0.717) is 0 Å². The van der Waals surface area contributed by atoms with Crippen LogP contribution in [0.5, 0.6) is 0 Å². The zero-order valence-electron chi connectivity index (χ0n) is 9.99. The highest BCUT2D eigenvalue weighted by Crippen LogP contribution is 1.96. The fourth-order valence-electron chi connectivity index (χ4n) is 1.60. The van der Waals surface area contributed by atoms with Gasteiger partial charge in [0.1, 0.15) is 0 Å². The van der Waals surface area contributed by atoms with Gasteiger partial charge in [-0.3, -0.25) is 0 Å². The monoisotopic (exact) mass is 245 g/mol. The molecule has 0 unspecified atom stereocenters. The Balaban J connectivity index is 0. The van der Waals surface area contributed by atoms with Crippen molar-refractivity contribution in [2.45, 2.75) is 53.4 Å². The van der Waals surface area contributed by atoms with Crippen LogP contribution in [0.4, 0.5) is 0 Å². The van der Waals surface area contributed by atoms with Crippen LogP contribution in [0.1, 0.15) is 53.4 Å². The molecule has 3 aliphatic rings. The molecular formula is C14H35N3. The number of rotatable bonds is 0. The highest BCUT2D eigenvalue weighted by molar-refractivity contribution is 4.57. The molecule has 0 radical (unpaired) electrons. The molecule has 3 fully saturated rings. The Morgan fingerprint density at radius 3 is 0.706 bits per heavy atom. The van der Waals surface area contributed by atoms with Crippen LogP contribution >= 0.6 is 0 Å². The first-order chi connectivity index (χ1) is 7.50. The second-order valence-corrected chi connectivity index (χ2v) is 4.37. The maximum Gasteiger partial charge on any atom is -0.00368 e. The summed E-state index contributed by atoms with van der Waals surface area (Å²) in [5.41, 5.74) is 0. The average molecular weight is 245 g/mol. The van der Waals surface area contributed by atoms with Gasteiger partial charge >= 0.3 is 0 Å². The Hall–Kier alpha value is -0.120. The normalized spacial score (nSPS) is 21.2. The Morgan fingerprint density at radius 1 is 0.353 bits per heavy atom. The number of hydrogen-bond donors (Lipinski definition) is 3. The highest BCUT2D eigenvalue weighted by atomic mass is 14.9. The molecule has 0 aromatic carbocycles. The summed E-state index contributed by atoms with van der Waals surface area (Å²) >= 11 is 0. The SMILES string of the molecule is C.C.C1CCNC1.C1CCNCC1.C1CNC1. The maximum atomic E-state index is 3.28. The van der Waals surface area contributed by atoms with E-state index in [-0.39, 0.29) is 14.9 Å². The first kappa shape index (κ1) is 19.2. The van der Waals surface area contributed by atoms with Gasteiger partial charge < -0.3 is 16.0 Å². The lowest BCUT2D eigenvalue weighted by Crippen LogP contribution is -2.29. The minimum absolute atomic E-state index is 0. The summed E-state index contributed by atoms with van der Waals surface area (Å²) in [7, 11) is 0. The molecule has 3 N–H and O–H groups in total. The molecule has 3 heteroatoms. The van der Waals surface area contributed by atoms with Crippen molar-refractivity contribution in [2.75, 3.05) is 39.3 Å². The van der Waals surface area contributed by atoms with Crippen LogP contribution in [-0.2, 0) is 0 Å². The van der Waals surface area contributed by atoms with Gasteiger partial charge in [-0.05, 0) is 71.4 Å². The number of nitrogens with one attached hydrogen (secondary N) is 3. The van der Waals surface area contributed by atoms with Crippen LogP contribution in [0.15, 0.2) is 0 Å². The van der Waals surface area contributed by atoms with Gasteiger partial charge in [-0.15, -0.1) is 0 Å². The second-order valence-electron chi connectivity index (χ2n) is 4.37. The van der Waals surface area contributed by atoms with Crippen molar-refractivity contribution in [3.05, 3.63) is 0 Å². The van der Waals surface area contributed by atoms with Gasteiger partial charge in [0.05, 0.1) is 0 Å². The highest BCUT2D eigenvalue weighted by Gasteiger charge is 1.94. The summed E-state index contributed by atoms with van der Waals surface area (Å²) in [6, 6.07) is 0. The minimum atomic E-state index is 0. The summed E-state index contributed by atoms with van der Waals surface area (Å²) in [6.07, 6.45) is 8.38.